The van der Waals surface area contributed by atoms with E-state index in [0.717, 1.165) is 48.4 Å². The number of nitrogens with zero attached hydrogens (tertiary/aromatic N) is 2. The van der Waals surface area contributed by atoms with Gasteiger partial charge in [0.1, 0.15) is 0 Å². The molecule has 0 heterocycles. The Hall–Kier alpha value is -11.1. The predicted octanol–water partition coefficient (Wildman–Crippen LogP) is 25.2. The summed E-state index contributed by atoms with van der Waals surface area (Å²) >= 11 is 0. The van der Waals surface area contributed by atoms with Crippen LogP contribution in [-0.4, -0.2) is 0 Å². The van der Waals surface area contributed by atoms with E-state index in [4.69, 9.17) is 0 Å². The fourth-order valence-electron chi connectivity index (χ4n) is 17.0. The first-order chi connectivity index (χ1) is 47.2. The van der Waals surface area contributed by atoms with Crippen molar-refractivity contribution < 1.29 is 0 Å². The summed E-state index contributed by atoms with van der Waals surface area (Å²) in [4.78, 5) is 5.03. The van der Waals surface area contributed by atoms with Gasteiger partial charge in [0.2, 0.25) is 0 Å². The molecular formula is C94H76N2. The number of anilines is 6. The Balaban J connectivity index is 0.757. The summed E-state index contributed by atoms with van der Waals surface area (Å²) < 4.78 is 0. The molecule has 17 rings (SSSR count). The highest BCUT2D eigenvalue weighted by molar-refractivity contribution is 6.14. The van der Waals surface area contributed by atoms with Crippen LogP contribution in [0.5, 0.6) is 0 Å². The second-order valence-corrected chi connectivity index (χ2v) is 27.8. The van der Waals surface area contributed by atoms with E-state index in [9.17, 15) is 0 Å². The van der Waals surface area contributed by atoms with Crippen LogP contribution in [0.3, 0.4) is 0 Å². The molecule has 2 atom stereocenters. The number of hydrogen-bond acceptors (Lipinski definition) is 2. The van der Waals surface area contributed by atoms with Crippen LogP contribution in [0.1, 0.15) is 102 Å². The lowest BCUT2D eigenvalue weighted by Crippen LogP contribution is -2.24. The minimum absolute atomic E-state index is 0.225. The molecule has 0 spiro atoms. The molecule has 0 bridgehead atoms. The highest BCUT2D eigenvalue weighted by Gasteiger charge is 2.48. The summed E-state index contributed by atoms with van der Waals surface area (Å²) in [5.41, 5.74) is 25.2. The molecule has 2 heteroatoms. The highest BCUT2D eigenvalue weighted by atomic mass is 15.1. The van der Waals surface area contributed by atoms with E-state index in [1.54, 1.807) is 0 Å². The summed E-state index contributed by atoms with van der Waals surface area (Å²) in [7, 11) is 0. The lowest BCUT2D eigenvalue weighted by Gasteiger charge is -2.33. The molecule has 2 nitrogen and oxygen atoms in total. The van der Waals surface area contributed by atoms with Crippen molar-refractivity contribution in [2.45, 2.75) is 76.0 Å². The minimum atomic E-state index is -0.366. The quantitative estimate of drug-likeness (QED) is 0.0951. The van der Waals surface area contributed by atoms with E-state index in [2.05, 4.69) is 365 Å². The zero-order valence-corrected chi connectivity index (χ0v) is 55.1. The van der Waals surface area contributed by atoms with Crippen LogP contribution in [0.4, 0.5) is 34.1 Å². The highest BCUT2D eigenvalue weighted by Crippen LogP contribution is 2.63. The van der Waals surface area contributed by atoms with Gasteiger partial charge in [-0.2, -0.15) is 0 Å². The average Bonchev–Trinajstić information content (AvgIpc) is 1.51. The summed E-state index contributed by atoms with van der Waals surface area (Å²) in [6, 6.07) is 123. The smallest absolute Gasteiger partial charge is 0.0543 e. The summed E-state index contributed by atoms with van der Waals surface area (Å²) in [5.74, 6) is 0.499. The van der Waals surface area contributed by atoms with E-state index >= 15 is 0 Å². The second-order valence-electron chi connectivity index (χ2n) is 27.8. The molecule has 2 unspecified atom stereocenters. The van der Waals surface area contributed by atoms with Crippen molar-refractivity contribution in [2.24, 2.45) is 0 Å². The van der Waals surface area contributed by atoms with Crippen LogP contribution >= 0.6 is 0 Å². The molecule has 0 N–H and O–H groups in total. The Morgan fingerprint density at radius 3 is 1.18 bits per heavy atom. The molecule has 0 aliphatic heterocycles. The van der Waals surface area contributed by atoms with Crippen molar-refractivity contribution in [3.05, 3.63) is 383 Å². The maximum atomic E-state index is 2.56. The van der Waals surface area contributed by atoms with Crippen molar-refractivity contribution in [2.75, 3.05) is 9.80 Å². The molecule has 0 radical (unpaired) electrons. The van der Waals surface area contributed by atoms with Crippen LogP contribution in [0.2, 0.25) is 0 Å². The van der Waals surface area contributed by atoms with Gasteiger partial charge in [0.05, 0.1) is 11.4 Å². The fourth-order valence-corrected chi connectivity index (χ4v) is 17.0. The molecular weight excluding hydrogens is 1160 g/mol. The molecule has 2 aliphatic rings. The number of aryl methyl sites for hydroxylation is 1. The molecule has 15 aromatic rings. The van der Waals surface area contributed by atoms with Crippen LogP contribution in [0.15, 0.2) is 328 Å². The molecule has 0 aromatic heterocycles. The van der Waals surface area contributed by atoms with Crippen molar-refractivity contribution in [1.82, 2.24) is 0 Å². The van der Waals surface area contributed by atoms with Gasteiger partial charge in [-0.1, -0.05) is 295 Å². The van der Waals surface area contributed by atoms with Gasteiger partial charge in [-0.3, -0.25) is 0 Å². The Bertz CT molecular complexity index is 5390. The number of hydrogen-bond donors (Lipinski definition) is 0. The molecule has 462 valence electrons. The zero-order valence-electron chi connectivity index (χ0n) is 55.1. The topological polar surface area (TPSA) is 6.48 Å². The Kier molecular flexibility index (Phi) is 14.7. The normalized spacial score (nSPS) is 13.9. The lowest BCUT2D eigenvalue weighted by atomic mass is 9.72. The molecule has 0 fully saturated rings. The third-order valence-corrected chi connectivity index (χ3v) is 21.5. The zero-order chi connectivity index (χ0) is 64.5. The maximum Gasteiger partial charge on any atom is 0.0543 e. The summed E-state index contributed by atoms with van der Waals surface area (Å²) in [6.45, 7) is 9.98. The van der Waals surface area contributed by atoms with Gasteiger partial charge >= 0.3 is 0 Å². The summed E-state index contributed by atoms with van der Waals surface area (Å²) in [5, 5.41) is 10.3. The van der Waals surface area contributed by atoms with E-state index in [0.29, 0.717) is 0 Å². The van der Waals surface area contributed by atoms with Gasteiger partial charge in [-0.15, -0.1) is 0 Å². The van der Waals surface area contributed by atoms with Gasteiger partial charge in [0, 0.05) is 50.3 Å². The molecule has 0 amide bonds. The van der Waals surface area contributed by atoms with E-state index in [1.165, 1.54) is 132 Å². The predicted molar refractivity (Wildman–Crippen MR) is 407 cm³/mol. The Morgan fingerprint density at radius 1 is 0.302 bits per heavy atom. The third kappa shape index (κ3) is 10.1. The van der Waals surface area contributed by atoms with Crippen molar-refractivity contribution in [3.8, 4) is 22.3 Å². The molecule has 96 heavy (non-hydrogen) atoms. The summed E-state index contributed by atoms with van der Waals surface area (Å²) in [6.07, 6.45) is 3.87. The molecule has 0 saturated carbocycles. The monoisotopic (exact) mass is 1230 g/mol. The molecule has 0 saturated heterocycles. The van der Waals surface area contributed by atoms with Gasteiger partial charge in [0.25, 0.3) is 0 Å². The number of rotatable bonds is 16. The van der Waals surface area contributed by atoms with Crippen molar-refractivity contribution in [1.29, 1.82) is 0 Å². The molecule has 2 aliphatic carbocycles. The van der Waals surface area contributed by atoms with Crippen molar-refractivity contribution in [3.63, 3.8) is 0 Å². The first-order valence-electron chi connectivity index (χ1n) is 34.4. The SMILES string of the molecule is CC1(C)c2cc(N(c3ccccc3)c3ccc(C(Cc4ccccc4)Cc4cccc5ccccc45)cc3)c3ccccc3c2-c2ccc3c(c21)C(C)(C)c1cc(N(c2ccccc2)c2ccc(C(CCc4cccc5ccccc45)c4ccccc4)cc2)c2ccccc2c1-3. The van der Waals surface area contributed by atoms with E-state index in [-0.39, 0.29) is 22.7 Å². The number of fused-ring (bicyclic) bond motifs is 13. The third-order valence-electron chi connectivity index (χ3n) is 21.5. The second kappa shape index (κ2) is 24.1. The van der Waals surface area contributed by atoms with Crippen LogP contribution < -0.4 is 9.80 Å². The van der Waals surface area contributed by atoms with E-state index in [1.807, 2.05) is 0 Å². The largest absolute Gasteiger partial charge is 0.310 e. The van der Waals surface area contributed by atoms with Gasteiger partial charge in [0.15, 0.2) is 0 Å². The first kappa shape index (κ1) is 58.7. The molecule has 15 aromatic carbocycles. The maximum absolute atomic E-state index is 2.56. The van der Waals surface area contributed by atoms with E-state index < -0.39 is 0 Å². The van der Waals surface area contributed by atoms with Crippen LogP contribution in [-0.2, 0) is 30.1 Å². The number of para-hydroxylation sites is 2. The van der Waals surface area contributed by atoms with Gasteiger partial charge in [-0.25, -0.2) is 0 Å². The lowest BCUT2D eigenvalue weighted by molar-refractivity contribution is 0.601. The van der Waals surface area contributed by atoms with Crippen LogP contribution in [0.25, 0.3) is 65.3 Å². The van der Waals surface area contributed by atoms with Crippen molar-refractivity contribution >= 4 is 77.2 Å². The average molecular weight is 1230 g/mol. The standard InChI is InChI=1S/C94H76N2/c1-93(2)85-61-87(95(72-37-13-7-14-38-72)74-52-47-64(48-53-74)71(59-63-27-9-5-10-28-63)60-70-36-26-34-67-32-18-20-42-77(67)70)79-43-21-23-45-81(79)89(85)83-57-58-84-90-82-46-24-22-44-80(82)88(62-86(90)94(3,4)92(84)91(83)93)96(73-39-15-8-16-40-73)75-54-49-69(50-55-75)78(65-29-11-6-12-30-65)56-51-68-35-25-33-66-31-17-19-41-76(66)68/h5-50,52-55,57-58,61-62,71,78H,51,56,59-60H2,1-4H3. The van der Waals surface area contributed by atoms with Gasteiger partial charge in [-0.05, 0) is 202 Å². The number of benzene rings is 15. The Labute approximate surface area is 565 Å². The van der Waals surface area contributed by atoms with Gasteiger partial charge < -0.3 is 9.80 Å². The fraction of sp³-hybridized carbons (Fsp3) is 0.128. The van der Waals surface area contributed by atoms with Crippen LogP contribution in [0, 0.1) is 0 Å². The Morgan fingerprint density at radius 2 is 0.677 bits per heavy atom. The first-order valence-corrected chi connectivity index (χ1v) is 34.4. The minimum Gasteiger partial charge on any atom is -0.310 e.